The van der Waals surface area contributed by atoms with Gasteiger partial charge in [0.15, 0.2) is 0 Å². The summed E-state index contributed by atoms with van der Waals surface area (Å²) in [5.41, 5.74) is 5.48. The van der Waals surface area contributed by atoms with Crippen LogP contribution in [0.5, 0.6) is 0 Å². The van der Waals surface area contributed by atoms with Gasteiger partial charge >= 0.3 is 0 Å². The molecular formula is C20H22FNO. The molecule has 2 aromatic rings. The Bertz CT molecular complexity index is 746. The van der Waals surface area contributed by atoms with Gasteiger partial charge < -0.3 is 4.74 Å². The molecule has 3 heteroatoms. The van der Waals surface area contributed by atoms with Gasteiger partial charge in [-0.05, 0) is 69.0 Å². The second-order valence-corrected chi connectivity index (χ2v) is 6.38. The zero-order valence-electron chi connectivity index (χ0n) is 14.1. The number of ether oxygens (including phenoxy) is 1. The molecule has 1 aromatic heterocycles. The minimum Gasteiger partial charge on any atom is -0.371 e. The van der Waals surface area contributed by atoms with Crippen LogP contribution in [-0.2, 0) is 4.74 Å². The Hall–Kier alpha value is -2.00. The molecule has 0 aliphatic carbocycles. The predicted molar refractivity (Wildman–Crippen MR) is 91.7 cm³/mol. The molecule has 1 aromatic carbocycles. The molecule has 0 fully saturated rings. The van der Waals surface area contributed by atoms with Crippen LogP contribution in [0.25, 0.3) is 16.7 Å². The molecule has 3 rings (SSSR count). The standard InChI is InChI=1S/C20H22FNO/c1-12-7-17(8-13(2)22-12)16-5-6-19(20(21)11-16)18-9-14(3)23-15(4)10-18/h5-9,11,14-15H,10H2,1-4H3/t14-,15+/m0/s1. The minimum absolute atomic E-state index is 0.0262. The Kier molecular flexibility index (Phi) is 4.31. The van der Waals surface area contributed by atoms with Crippen molar-refractivity contribution in [3.05, 3.63) is 59.2 Å². The van der Waals surface area contributed by atoms with Crippen LogP contribution in [0, 0.1) is 19.7 Å². The lowest BCUT2D eigenvalue weighted by molar-refractivity contribution is 0.0303. The van der Waals surface area contributed by atoms with Gasteiger partial charge in [-0.25, -0.2) is 4.39 Å². The van der Waals surface area contributed by atoms with Crippen molar-refractivity contribution in [1.29, 1.82) is 0 Å². The third kappa shape index (κ3) is 3.50. The van der Waals surface area contributed by atoms with Crippen molar-refractivity contribution in [2.75, 3.05) is 0 Å². The number of hydrogen-bond acceptors (Lipinski definition) is 2. The summed E-state index contributed by atoms with van der Waals surface area (Å²) in [5, 5.41) is 0. The lowest BCUT2D eigenvalue weighted by Crippen LogP contribution is -2.21. The molecule has 1 aliphatic rings. The molecule has 120 valence electrons. The fourth-order valence-corrected chi connectivity index (χ4v) is 3.27. The van der Waals surface area contributed by atoms with Crippen molar-refractivity contribution in [2.45, 2.75) is 46.3 Å². The summed E-state index contributed by atoms with van der Waals surface area (Å²) in [7, 11) is 0. The van der Waals surface area contributed by atoms with Crippen LogP contribution in [0.15, 0.2) is 36.4 Å². The summed E-state index contributed by atoms with van der Waals surface area (Å²) in [6, 6.07) is 9.46. The average molecular weight is 311 g/mol. The summed E-state index contributed by atoms with van der Waals surface area (Å²) >= 11 is 0. The fourth-order valence-electron chi connectivity index (χ4n) is 3.27. The number of rotatable bonds is 2. The van der Waals surface area contributed by atoms with Gasteiger partial charge in [0.1, 0.15) is 5.82 Å². The van der Waals surface area contributed by atoms with E-state index >= 15 is 0 Å². The largest absolute Gasteiger partial charge is 0.371 e. The molecule has 0 saturated heterocycles. The number of aryl methyl sites for hydroxylation is 2. The maximum absolute atomic E-state index is 14.7. The Morgan fingerprint density at radius 1 is 1.04 bits per heavy atom. The van der Waals surface area contributed by atoms with Crippen LogP contribution in [-0.4, -0.2) is 17.2 Å². The topological polar surface area (TPSA) is 22.1 Å². The first kappa shape index (κ1) is 15.9. The molecule has 2 nitrogen and oxygen atoms in total. The summed E-state index contributed by atoms with van der Waals surface area (Å²) in [4.78, 5) is 4.37. The third-order valence-corrected chi connectivity index (χ3v) is 4.12. The van der Waals surface area contributed by atoms with Crippen molar-refractivity contribution in [3.8, 4) is 11.1 Å². The highest BCUT2D eigenvalue weighted by Crippen LogP contribution is 2.31. The molecule has 23 heavy (non-hydrogen) atoms. The number of pyridine rings is 1. The summed E-state index contributed by atoms with van der Waals surface area (Å²) in [5.74, 6) is -0.179. The highest BCUT2D eigenvalue weighted by molar-refractivity contribution is 5.72. The van der Waals surface area contributed by atoms with Gasteiger partial charge in [0.25, 0.3) is 0 Å². The Balaban J connectivity index is 1.98. The number of nitrogens with zero attached hydrogens (tertiary/aromatic N) is 1. The average Bonchev–Trinajstić information content (AvgIpc) is 2.45. The van der Waals surface area contributed by atoms with Gasteiger partial charge in [-0.2, -0.15) is 0 Å². The first-order valence-electron chi connectivity index (χ1n) is 8.04. The lowest BCUT2D eigenvalue weighted by Gasteiger charge is -2.25. The van der Waals surface area contributed by atoms with Crippen molar-refractivity contribution >= 4 is 5.57 Å². The van der Waals surface area contributed by atoms with E-state index < -0.39 is 0 Å². The smallest absolute Gasteiger partial charge is 0.131 e. The Morgan fingerprint density at radius 3 is 2.35 bits per heavy atom. The second kappa shape index (κ2) is 6.25. The highest BCUT2D eigenvalue weighted by atomic mass is 19.1. The fraction of sp³-hybridized carbons (Fsp3) is 0.350. The quantitative estimate of drug-likeness (QED) is 0.771. The number of halogens is 1. The molecule has 2 atom stereocenters. The van der Waals surface area contributed by atoms with Gasteiger partial charge in [-0.1, -0.05) is 18.2 Å². The van der Waals surface area contributed by atoms with Gasteiger partial charge in [-0.3, -0.25) is 4.98 Å². The predicted octanol–water partition coefficient (Wildman–Crippen LogP) is 5.09. The van der Waals surface area contributed by atoms with E-state index in [0.29, 0.717) is 5.56 Å². The summed E-state index contributed by atoms with van der Waals surface area (Å²) in [6.45, 7) is 7.93. The molecule has 0 saturated carbocycles. The number of benzene rings is 1. The number of aromatic nitrogens is 1. The van der Waals surface area contributed by atoms with Crippen molar-refractivity contribution < 1.29 is 9.13 Å². The molecule has 0 N–H and O–H groups in total. The Morgan fingerprint density at radius 2 is 1.74 bits per heavy atom. The molecule has 1 aliphatic heterocycles. The van der Waals surface area contributed by atoms with Crippen molar-refractivity contribution in [2.24, 2.45) is 0 Å². The van der Waals surface area contributed by atoms with E-state index in [1.54, 1.807) is 6.07 Å². The van der Waals surface area contributed by atoms with Gasteiger partial charge in [0.2, 0.25) is 0 Å². The van der Waals surface area contributed by atoms with Crippen LogP contribution < -0.4 is 0 Å². The van der Waals surface area contributed by atoms with Crippen LogP contribution in [0.3, 0.4) is 0 Å². The number of hydrogen-bond donors (Lipinski definition) is 0. The van der Waals surface area contributed by atoms with Gasteiger partial charge in [-0.15, -0.1) is 0 Å². The molecule has 0 bridgehead atoms. The van der Waals surface area contributed by atoms with Crippen LogP contribution >= 0.6 is 0 Å². The zero-order chi connectivity index (χ0) is 16.6. The minimum atomic E-state index is -0.179. The molecule has 0 unspecified atom stereocenters. The summed E-state index contributed by atoms with van der Waals surface area (Å²) in [6.07, 6.45) is 2.90. The van der Waals surface area contributed by atoms with E-state index in [0.717, 1.165) is 34.5 Å². The molecular weight excluding hydrogens is 289 g/mol. The first-order valence-corrected chi connectivity index (χ1v) is 8.04. The van der Waals surface area contributed by atoms with Gasteiger partial charge in [0, 0.05) is 17.0 Å². The van der Waals surface area contributed by atoms with Crippen LogP contribution in [0.1, 0.15) is 37.2 Å². The van der Waals surface area contributed by atoms with E-state index in [4.69, 9.17) is 4.74 Å². The van der Waals surface area contributed by atoms with E-state index in [-0.39, 0.29) is 18.0 Å². The zero-order valence-corrected chi connectivity index (χ0v) is 14.1. The highest BCUT2D eigenvalue weighted by Gasteiger charge is 2.20. The summed E-state index contributed by atoms with van der Waals surface area (Å²) < 4.78 is 20.4. The lowest BCUT2D eigenvalue weighted by atomic mass is 9.94. The van der Waals surface area contributed by atoms with Crippen molar-refractivity contribution in [1.82, 2.24) is 4.98 Å². The molecule has 0 radical (unpaired) electrons. The normalized spacial score (nSPS) is 21.2. The second-order valence-electron chi connectivity index (χ2n) is 6.38. The molecule has 0 amide bonds. The van der Waals surface area contributed by atoms with E-state index in [9.17, 15) is 4.39 Å². The molecule has 2 heterocycles. The van der Waals surface area contributed by atoms with Crippen LogP contribution in [0.2, 0.25) is 0 Å². The van der Waals surface area contributed by atoms with Crippen molar-refractivity contribution in [3.63, 3.8) is 0 Å². The Labute approximate surface area is 137 Å². The van der Waals surface area contributed by atoms with Gasteiger partial charge in [0.05, 0.1) is 12.2 Å². The third-order valence-electron chi connectivity index (χ3n) is 4.12. The maximum atomic E-state index is 14.7. The van der Waals surface area contributed by atoms with Crippen LogP contribution in [0.4, 0.5) is 4.39 Å². The SMILES string of the molecule is Cc1cc(-c2ccc(C3=C[C@H](C)O[C@H](C)C3)c(F)c2)cc(C)n1. The van der Waals surface area contributed by atoms with E-state index in [1.165, 1.54) is 0 Å². The van der Waals surface area contributed by atoms with E-state index in [1.807, 2.05) is 58.0 Å². The molecule has 0 spiro atoms. The van der Waals surface area contributed by atoms with E-state index in [2.05, 4.69) is 4.98 Å². The maximum Gasteiger partial charge on any atom is 0.131 e. The monoisotopic (exact) mass is 311 g/mol. The first-order chi connectivity index (χ1) is 10.9.